The molecule has 10 nitrogen and oxygen atoms in total. The van der Waals surface area contributed by atoms with Crippen molar-refractivity contribution in [2.75, 3.05) is 32.5 Å². The van der Waals surface area contributed by atoms with Gasteiger partial charge in [0.15, 0.2) is 0 Å². The Kier molecular flexibility index (Phi) is 14.8. The normalized spacial score (nSPS) is 18.1. The van der Waals surface area contributed by atoms with E-state index in [4.69, 9.17) is 5.26 Å². The maximum absolute atomic E-state index is 10.8. The molecule has 0 spiro atoms. The Bertz CT molecular complexity index is 1610. The highest BCUT2D eigenvalue weighted by atomic mass is 79.9. The molecule has 6 rings (SSSR count). The van der Waals surface area contributed by atoms with E-state index >= 15 is 0 Å². The van der Waals surface area contributed by atoms with Crippen LogP contribution in [0.15, 0.2) is 58.0 Å². The Balaban J connectivity index is 0.000000189. The summed E-state index contributed by atoms with van der Waals surface area (Å²) in [4.78, 5) is 11.6. The van der Waals surface area contributed by atoms with Crippen molar-refractivity contribution in [3.63, 3.8) is 0 Å². The van der Waals surface area contributed by atoms with Gasteiger partial charge in [-0.25, -0.2) is 9.97 Å². The fourth-order valence-corrected chi connectivity index (χ4v) is 6.11. The average Bonchev–Trinajstić information content (AvgIpc) is 3.75. The second-order valence-corrected chi connectivity index (χ2v) is 14.4. The van der Waals surface area contributed by atoms with Gasteiger partial charge >= 0.3 is 0 Å². The van der Waals surface area contributed by atoms with Gasteiger partial charge in [-0.05, 0) is 109 Å². The summed E-state index contributed by atoms with van der Waals surface area (Å²) in [6.45, 7) is 9.72. The molecule has 0 radical (unpaired) electrons. The minimum atomic E-state index is -3.37. The predicted octanol–water partition coefficient (Wildman–Crippen LogP) is 6.03. The molecule has 2 saturated heterocycles. The summed E-state index contributed by atoms with van der Waals surface area (Å²) in [5.41, 5.74) is 3.84. The number of imidazole rings is 2. The smallest absolute Gasteiger partial charge is 0.264 e. The average molecular weight is 754 g/mol. The number of likely N-dealkylation sites (tertiary alicyclic amines) is 1. The Morgan fingerprint density at radius 1 is 0.955 bits per heavy atom. The molecule has 0 amide bonds. The molecule has 0 saturated carbocycles. The Hall–Kier alpha value is -2.34. The summed E-state index contributed by atoms with van der Waals surface area (Å²) in [7, 11) is -3.37. The molecular formula is C31H43Br2N7O3S. The summed E-state index contributed by atoms with van der Waals surface area (Å²) in [5.74, 6) is 0. The first-order chi connectivity index (χ1) is 21.0. The number of nitrogens with zero attached hydrogens (tertiary/aromatic N) is 6. The first kappa shape index (κ1) is 36.1. The third kappa shape index (κ3) is 12.6. The summed E-state index contributed by atoms with van der Waals surface area (Å²) < 4.78 is 32.2. The maximum atomic E-state index is 10.8. The molecule has 0 aliphatic carbocycles. The first-order valence-corrected chi connectivity index (χ1v) is 18.3. The van der Waals surface area contributed by atoms with E-state index in [1.807, 2.05) is 41.1 Å². The third-order valence-corrected chi connectivity index (χ3v) is 8.77. The minimum absolute atomic E-state index is 0.115. The first-order valence-electron chi connectivity index (χ1n) is 14.9. The van der Waals surface area contributed by atoms with E-state index < -0.39 is 10.1 Å². The summed E-state index contributed by atoms with van der Waals surface area (Å²) >= 11 is 6.85. The molecule has 44 heavy (non-hydrogen) atoms. The lowest BCUT2D eigenvalue weighted by molar-refractivity contribution is 0.271. The number of nitriles is 1. The fraction of sp³-hybridized carbons (Fsp3) is 0.516. The van der Waals surface area contributed by atoms with E-state index in [2.05, 4.69) is 86.9 Å². The second-order valence-electron chi connectivity index (χ2n) is 11.0. The zero-order chi connectivity index (χ0) is 32.1. The van der Waals surface area contributed by atoms with Crippen LogP contribution in [-0.4, -0.2) is 76.7 Å². The molecule has 0 bridgehead atoms. The Labute approximate surface area is 278 Å². The lowest BCUT2D eigenvalue weighted by Gasteiger charge is -2.19. The van der Waals surface area contributed by atoms with Gasteiger partial charge in [0.2, 0.25) is 0 Å². The number of aromatic nitrogens is 4. The van der Waals surface area contributed by atoms with E-state index in [0.29, 0.717) is 6.42 Å². The number of fused-ring (bicyclic) bond motifs is 2. The molecule has 4 aromatic heterocycles. The van der Waals surface area contributed by atoms with Crippen LogP contribution in [0.3, 0.4) is 0 Å². The summed E-state index contributed by atoms with van der Waals surface area (Å²) in [6.07, 6.45) is 15.9. The van der Waals surface area contributed by atoms with Gasteiger partial charge in [-0.1, -0.05) is 0 Å². The molecule has 240 valence electrons. The lowest BCUT2D eigenvalue weighted by Crippen LogP contribution is -2.29. The van der Waals surface area contributed by atoms with E-state index in [1.54, 1.807) is 6.07 Å². The van der Waals surface area contributed by atoms with Crippen molar-refractivity contribution in [3.05, 3.63) is 69.4 Å². The van der Waals surface area contributed by atoms with Gasteiger partial charge in [0.05, 0.1) is 30.3 Å². The molecule has 0 aromatic carbocycles. The molecule has 6 heterocycles. The lowest BCUT2D eigenvalue weighted by atomic mass is 10.2. The predicted molar refractivity (Wildman–Crippen MR) is 182 cm³/mol. The minimum Gasteiger partial charge on any atom is -0.314 e. The molecule has 0 unspecified atom stereocenters. The van der Waals surface area contributed by atoms with Crippen LogP contribution in [0.4, 0.5) is 0 Å². The van der Waals surface area contributed by atoms with E-state index in [0.717, 1.165) is 57.2 Å². The van der Waals surface area contributed by atoms with Gasteiger partial charge in [-0.2, -0.15) is 13.7 Å². The highest BCUT2D eigenvalue weighted by molar-refractivity contribution is 9.10. The zero-order valence-corrected chi connectivity index (χ0v) is 29.9. The zero-order valence-electron chi connectivity index (χ0n) is 25.9. The van der Waals surface area contributed by atoms with Gasteiger partial charge < -0.3 is 19.0 Å². The molecule has 2 atom stereocenters. The third-order valence-electron chi connectivity index (χ3n) is 7.24. The topological polar surface area (TPSA) is 117 Å². The van der Waals surface area contributed by atoms with Crippen LogP contribution in [0.1, 0.15) is 57.8 Å². The van der Waals surface area contributed by atoms with Crippen LogP contribution < -0.4 is 5.32 Å². The van der Waals surface area contributed by atoms with Gasteiger partial charge in [0.1, 0.15) is 11.3 Å². The van der Waals surface area contributed by atoms with Crippen LogP contribution in [0.2, 0.25) is 0 Å². The Morgan fingerprint density at radius 2 is 1.52 bits per heavy atom. The summed E-state index contributed by atoms with van der Waals surface area (Å²) in [5, 5.41) is 10.6. The highest BCUT2D eigenvalue weighted by Crippen LogP contribution is 2.18. The standard InChI is InChI=1S/C14H18BrN3.C10H11BrN2O3S.C5H11N.C2H3N/c1-11-3-2-7-17(11)8-6-13-10-18-9-12(15)4-5-14(18)16-13;1-17(14,15)16-5-4-9-7-13-6-8(11)2-3-10(13)12-9;1-5-3-2-4-6-5;1-2-3/h4-5,9-11H,2-3,6-8H2,1H3;2-3,6-7H,4-5H2,1H3;5-6H,2-4H2,1H3;1H3/t11-;;5-;/m1.1./s1. The van der Waals surface area contributed by atoms with Crippen molar-refractivity contribution in [1.29, 1.82) is 5.26 Å². The van der Waals surface area contributed by atoms with Crippen molar-refractivity contribution in [2.24, 2.45) is 0 Å². The van der Waals surface area contributed by atoms with Crippen molar-refractivity contribution >= 4 is 53.3 Å². The molecule has 2 fully saturated rings. The van der Waals surface area contributed by atoms with E-state index in [1.165, 1.54) is 51.4 Å². The van der Waals surface area contributed by atoms with Crippen LogP contribution in [0.5, 0.6) is 0 Å². The second kappa shape index (κ2) is 18.0. The van der Waals surface area contributed by atoms with Crippen molar-refractivity contribution < 1.29 is 12.6 Å². The van der Waals surface area contributed by atoms with Crippen molar-refractivity contribution in [3.8, 4) is 6.07 Å². The van der Waals surface area contributed by atoms with E-state index in [9.17, 15) is 8.42 Å². The van der Waals surface area contributed by atoms with Crippen molar-refractivity contribution in [1.82, 2.24) is 29.0 Å². The molecule has 13 heteroatoms. The molecule has 1 N–H and O–H groups in total. The molecule has 2 aliphatic rings. The van der Waals surface area contributed by atoms with Crippen LogP contribution in [-0.2, 0) is 27.1 Å². The largest absolute Gasteiger partial charge is 0.314 e. The monoisotopic (exact) mass is 751 g/mol. The number of hydrogen-bond donors (Lipinski definition) is 1. The van der Waals surface area contributed by atoms with Gasteiger partial charge in [-0.3, -0.25) is 4.18 Å². The number of rotatable bonds is 7. The fourth-order valence-electron chi connectivity index (χ4n) is 5.01. The van der Waals surface area contributed by atoms with Gasteiger partial charge in [0.25, 0.3) is 10.1 Å². The number of halogens is 2. The van der Waals surface area contributed by atoms with Crippen LogP contribution in [0, 0.1) is 11.3 Å². The number of nitrogens with one attached hydrogen (secondary N) is 1. The molecule has 4 aromatic rings. The van der Waals surface area contributed by atoms with Crippen LogP contribution >= 0.6 is 31.9 Å². The van der Waals surface area contributed by atoms with E-state index in [-0.39, 0.29) is 6.61 Å². The number of hydrogen-bond acceptors (Lipinski definition) is 8. The number of pyridine rings is 2. The molecule has 2 aliphatic heterocycles. The van der Waals surface area contributed by atoms with Crippen LogP contribution in [0.25, 0.3) is 11.3 Å². The summed E-state index contributed by atoms with van der Waals surface area (Å²) in [6, 6.07) is 11.2. The SMILES string of the molecule is CC#N.CS(=O)(=O)OCCc1cn2cc(Br)ccc2n1.C[C@@H]1CCCN1.C[C@@H]1CCCN1CCc1cn2cc(Br)ccc2n1. The Morgan fingerprint density at radius 3 is 1.95 bits per heavy atom. The van der Waals surface area contributed by atoms with Gasteiger partial charge in [0, 0.05) is 72.1 Å². The maximum Gasteiger partial charge on any atom is 0.264 e. The quantitative estimate of drug-likeness (QED) is 0.228. The van der Waals surface area contributed by atoms with Crippen molar-refractivity contribution in [2.45, 2.75) is 71.4 Å². The highest BCUT2D eigenvalue weighted by Gasteiger charge is 2.19. The molecular weight excluding hydrogens is 710 g/mol. The van der Waals surface area contributed by atoms with Gasteiger partial charge in [-0.15, -0.1) is 0 Å².